The molecule has 0 spiro atoms. The van der Waals surface area contributed by atoms with E-state index in [1.807, 2.05) is 18.2 Å². The smallest absolute Gasteiger partial charge is 0.0417 e. The van der Waals surface area contributed by atoms with Crippen molar-refractivity contribution in [3.63, 3.8) is 0 Å². The summed E-state index contributed by atoms with van der Waals surface area (Å²) >= 11 is 9.78. The third-order valence-electron chi connectivity index (χ3n) is 1.11. The van der Waals surface area contributed by atoms with Crippen LogP contribution in [0.2, 0.25) is 5.02 Å². The van der Waals surface area contributed by atoms with E-state index in [0.29, 0.717) is 0 Å². The summed E-state index contributed by atoms with van der Waals surface area (Å²) in [5.41, 5.74) is 0. The second-order valence-electron chi connectivity index (χ2n) is 1.78. The van der Waals surface area contributed by atoms with Gasteiger partial charge >= 0.3 is 0 Å². The average molecular weight is 285 g/mol. The molecule has 0 amide bonds. The molecule has 0 N–H and O–H groups in total. The Morgan fingerprint density at radius 2 is 2.20 bits per heavy atom. The molecule has 0 aliphatic carbocycles. The van der Waals surface area contributed by atoms with E-state index >= 15 is 0 Å². The normalized spacial score (nSPS) is 9.90. The molecule has 1 rings (SSSR count). The van der Waals surface area contributed by atoms with Gasteiger partial charge in [0, 0.05) is 13.5 Å². The van der Waals surface area contributed by atoms with Gasteiger partial charge < -0.3 is 0 Å². The van der Waals surface area contributed by atoms with E-state index in [1.165, 1.54) is 8.47 Å². The van der Waals surface area contributed by atoms with Crippen molar-refractivity contribution in [1.29, 1.82) is 0 Å². The zero-order valence-corrected chi connectivity index (χ0v) is 9.13. The molecule has 0 aliphatic rings. The molecule has 0 saturated carbocycles. The zero-order chi connectivity index (χ0) is 7.56. The number of rotatable bonds is 1. The Morgan fingerprint density at radius 1 is 1.50 bits per heavy atom. The van der Waals surface area contributed by atoms with Crippen LogP contribution in [0.25, 0.3) is 0 Å². The Balaban J connectivity index is 3.07. The van der Waals surface area contributed by atoms with Crippen LogP contribution >= 0.6 is 46.0 Å². The summed E-state index contributed by atoms with van der Waals surface area (Å²) in [6.07, 6.45) is 2.06. The standard InChI is InChI=1S/C7H6ClIS/c1-10-7-3-2-5(8)4-6(7)9/h2-4H,1H3. The molecule has 0 nitrogen and oxygen atoms in total. The molecule has 3 heteroatoms. The summed E-state index contributed by atoms with van der Waals surface area (Å²) < 4.78 is 1.22. The maximum absolute atomic E-state index is 5.76. The Labute approximate surface area is 83.5 Å². The van der Waals surface area contributed by atoms with Crippen LogP contribution in [0.1, 0.15) is 0 Å². The first kappa shape index (κ1) is 8.68. The molecule has 0 saturated heterocycles. The van der Waals surface area contributed by atoms with E-state index in [1.54, 1.807) is 11.8 Å². The lowest BCUT2D eigenvalue weighted by atomic mass is 10.4. The van der Waals surface area contributed by atoms with Crippen molar-refractivity contribution in [3.8, 4) is 0 Å². The van der Waals surface area contributed by atoms with Gasteiger partial charge in [0.1, 0.15) is 0 Å². The lowest BCUT2D eigenvalue weighted by Crippen LogP contribution is -1.75. The molecular weight excluding hydrogens is 279 g/mol. The zero-order valence-electron chi connectivity index (χ0n) is 5.40. The van der Waals surface area contributed by atoms with E-state index in [4.69, 9.17) is 11.6 Å². The Bertz CT molecular complexity index is 237. The van der Waals surface area contributed by atoms with E-state index < -0.39 is 0 Å². The van der Waals surface area contributed by atoms with E-state index in [9.17, 15) is 0 Å². The topological polar surface area (TPSA) is 0 Å². The fourth-order valence-electron chi connectivity index (χ4n) is 0.641. The minimum absolute atomic E-state index is 0.808. The van der Waals surface area contributed by atoms with Gasteiger partial charge in [0.2, 0.25) is 0 Å². The fourth-order valence-corrected chi connectivity index (χ4v) is 2.63. The molecule has 0 unspecified atom stereocenters. The first-order valence-corrected chi connectivity index (χ1v) is 5.41. The number of hydrogen-bond donors (Lipinski definition) is 0. The highest BCUT2D eigenvalue weighted by Gasteiger charge is 1.96. The van der Waals surface area contributed by atoms with E-state index in [2.05, 4.69) is 28.8 Å². The molecule has 0 fully saturated rings. The molecule has 10 heavy (non-hydrogen) atoms. The third-order valence-corrected chi connectivity index (χ3v) is 3.40. The van der Waals surface area contributed by atoms with Crippen LogP contribution in [0.5, 0.6) is 0 Å². The molecule has 0 aromatic heterocycles. The van der Waals surface area contributed by atoms with Crippen molar-refractivity contribution in [2.75, 3.05) is 6.26 Å². The van der Waals surface area contributed by atoms with Crippen molar-refractivity contribution in [2.45, 2.75) is 4.90 Å². The Morgan fingerprint density at radius 3 is 2.70 bits per heavy atom. The summed E-state index contributed by atoms with van der Waals surface area (Å²) in [7, 11) is 0. The third kappa shape index (κ3) is 2.04. The molecule has 0 aliphatic heterocycles. The second-order valence-corrected chi connectivity index (χ2v) is 4.23. The van der Waals surface area contributed by atoms with Gasteiger partial charge in [-0.25, -0.2) is 0 Å². The molecule has 0 bridgehead atoms. The Kier molecular flexibility index (Phi) is 3.33. The first-order chi connectivity index (χ1) is 4.74. The lowest BCUT2D eigenvalue weighted by Gasteiger charge is -1.98. The minimum atomic E-state index is 0.808. The predicted octanol–water partition coefficient (Wildman–Crippen LogP) is 3.67. The van der Waals surface area contributed by atoms with E-state index in [-0.39, 0.29) is 0 Å². The largest absolute Gasteiger partial charge is 0.128 e. The van der Waals surface area contributed by atoms with E-state index in [0.717, 1.165) is 5.02 Å². The SMILES string of the molecule is CSc1ccc(Cl)cc1I. The fraction of sp³-hybridized carbons (Fsp3) is 0.143. The highest BCUT2D eigenvalue weighted by Crippen LogP contribution is 2.24. The van der Waals surface area contributed by atoms with Gasteiger partial charge in [-0.2, -0.15) is 0 Å². The number of halogens is 2. The highest BCUT2D eigenvalue weighted by molar-refractivity contribution is 14.1. The molecular formula is C7H6ClIS. The second kappa shape index (κ2) is 3.83. The van der Waals surface area contributed by atoms with Gasteiger partial charge in [0.05, 0.1) is 0 Å². The van der Waals surface area contributed by atoms with Crippen molar-refractivity contribution in [1.82, 2.24) is 0 Å². The van der Waals surface area contributed by atoms with Crippen molar-refractivity contribution in [2.24, 2.45) is 0 Å². The van der Waals surface area contributed by atoms with Crippen molar-refractivity contribution >= 4 is 46.0 Å². The summed E-state index contributed by atoms with van der Waals surface area (Å²) in [4.78, 5) is 1.28. The number of hydrogen-bond acceptors (Lipinski definition) is 1. The maximum atomic E-state index is 5.76. The van der Waals surface area contributed by atoms with Crippen LogP contribution in [0, 0.1) is 3.57 Å². The molecule has 0 radical (unpaired) electrons. The highest BCUT2D eigenvalue weighted by atomic mass is 127. The van der Waals surface area contributed by atoms with Gasteiger partial charge in [-0.1, -0.05) is 11.6 Å². The Hall–Kier alpha value is 0.590. The number of thioether (sulfide) groups is 1. The summed E-state index contributed by atoms with van der Waals surface area (Å²) in [5.74, 6) is 0. The minimum Gasteiger partial charge on any atom is -0.128 e. The van der Waals surface area contributed by atoms with Gasteiger partial charge in [0.15, 0.2) is 0 Å². The molecule has 1 aromatic carbocycles. The summed E-state index contributed by atoms with van der Waals surface area (Å²) in [6, 6.07) is 5.91. The lowest BCUT2D eigenvalue weighted by molar-refractivity contribution is 1.41. The molecule has 1 aromatic rings. The van der Waals surface area contributed by atoms with Gasteiger partial charge in [-0.3, -0.25) is 0 Å². The maximum Gasteiger partial charge on any atom is 0.0417 e. The van der Waals surface area contributed by atoms with Crippen LogP contribution in [0.15, 0.2) is 23.1 Å². The number of benzene rings is 1. The quantitative estimate of drug-likeness (QED) is 0.560. The van der Waals surface area contributed by atoms with Crippen LogP contribution in [-0.2, 0) is 0 Å². The van der Waals surface area contributed by atoms with Crippen molar-refractivity contribution in [3.05, 3.63) is 26.8 Å². The van der Waals surface area contributed by atoms with Crippen molar-refractivity contribution < 1.29 is 0 Å². The van der Waals surface area contributed by atoms with Crippen LogP contribution < -0.4 is 0 Å². The summed E-state index contributed by atoms with van der Waals surface area (Å²) in [5, 5.41) is 0.808. The predicted molar refractivity (Wildman–Crippen MR) is 56.0 cm³/mol. The van der Waals surface area contributed by atoms with Gasteiger partial charge in [0.25, 0.3) is 0 Å². The van der Waals surface area contributed by atoms with Crippen LogP contribution in [-0.4, -0.2) is 6.26 Å². The van der Waals surface area contributed by atoms with Gasteiger partial charge in [-0.05, 0) is 47.0 Å². The molecule has 0 heterocycles. The van der Waals surface area contributed by atoms with Gasteiger partial charge in [-0.15, -0.1) is 11.8 Å². The van der Waals surface area contributed by atoms with Crippen LogP contribution in [0.3, 0.4) is 0 Å². The summed E-state index contributed by atoms with van der Waals surface area (Å²) in [6.45, 7) is 0. The van der Waals surface area contributed by atoms with Crippen LogP contribution in [0.4, 0.5) is 0 Å². The first-order valence-electron chi connectivity index (χ1n) is 2.73. The molecule has 54 valence electrons. The molecule has 0 atom stereocenters. The average Bonchev–Trinajstić information content (AvgIpc) is 1.88. The monoisotopic (exact) mass is 284 g/mol.